The number of para-hydroxylation sites is 1. The lowest BCUT2D eigenvalue weighted by Gasteiger charge is -2.36. The number of ketones is 1. The summed E-state index contributed by atoms with van der Waals surface area (Å²) in [7, 11) is 0. The predicted octanol–water partition coefficient (Wildman–Crippen LogP) is 3.72. The van der Waals surface area contributed by atoms with Gasteiger partial charge in [-0.05, 0) is 30.9 Å². The van der Waals surface area contributed by atoms with Gasteiger partial charge in [0.2, 0.25) is 5.78 Å². The summed E-state index contributed by atoms with van der Waals surface area (Å²) in [5.74, 6) is -0.730. The molecule has 1 saturated heterocycles. The molecule has 0 radical (unpaired) electrons. The van der Waals surface area contributed by atoms with Gasteiger partial charge < -0.3 is 5.73 Å². The van der Waals surface area contributed by atoms with Crippen molar-refractivity contribution in [2.75, 3.05) is 6.54 Å². The van der Waals surface area contributed by atoms with E-state index in [4.69, 9.17) is 5.73 Å². The molecule has 1 aromatic heterocycles. The molecule has 3 amide bonds. The van der Waals surface area contributed by atoms with E-state index in [9.17, 15) is 14.4 Å². The molecule has 1 aliphatic rings. The Kier molecular flexibility index (Phi) is 6.93. The van der Waals surface area contributed by atoms with Gasteiger partial charge in [0.05, 0.1) is 16.8 Å². The fraction of sp³-hybridized carbons (Fsp3) is 0.565. The number of quaternary nitrogens is 1. The third-order valence-corrected chi connectivity index (χ3v) is 7.43. The molecule has 0 spiro atoms. The number of carbonyl (C=O) groups excluding carboxylic acids is 3. The first-order valence-electron chi connectivity index (χ1n) is 11.0. The highest BCUT2D eigenvalue weighted by molar-refractivity contribution is 7.20. The lowest BCUT2D eigenvalue weighted by molar-refractivity contribution is -0.785. The molecular weight excluding hydrogens is 412 g/mol. The van der Waals surface area contributed by atoms with Crippen LogP contribution in [0.2, 0.25) is 0 Å². The van der Waals surface area contributed by atoms with Crippen LogP contribution in [0.5, 0.6) is 0 Å². The van der Waals surface area contributed by atoms with Gasteiger partial charge in [-0.3, -0.25) is 10.1 Å². The molecule has 1 fully saturated rings. The van der Waals surface area contributed by atoms with Crippen molar-refractivity contribution in [1.29, 1.82) is 0 Å². The number of hydrogen-bond acceptors (Lipinski definition) is 6. The molecule has 1 aromatic carbocycles. The van der Waals surface area contributed by atoms with Crippen molar-refractivity contribution >= 4 is 39.3 Å². The number of fused-ring (bicyclic) bond motifs is 1. The molecule has 0 saturated carbocycles. The van der Waals surface area contributed by atoms with Crippen molar-refractivity contribution in [3.8, 4) is 0 Å². The average molecular weight is 446 g/mol. The zero-order valence-corrected chi connectivity index (χ0v) is 19.7. The van der Waals surface area contributed by atoms with Crippen molar-refractivity contribution in [1.82, 2.24) is 10.3 Å². The highest BCUT2D eigenvalue weighted by Crippen LogP contribution is 2.30. The Balaban J connectivity index is 1.91. The smallest absolute Gasteiger partial charge is 0.316 e. The highest BCUT2D eigenvalue weighted by atomic mass is 32.1. The minimum atomic E-state index is -0.765. The van der Waals surface area contributed by atoms with Gasteiger partial charge in [0.15, 0.2) is 5.01 Å². The van der Waals surface area contributed by atoms with E-state index in [2.05, 4.69) is 10.3 Å². The molecule has 0 bridgehead atoms. The third-order valence-electron chi connectivity index (χ3n) is 6.38. The normalized spacial score (nSPS) is 23.3. The van der Waals surface area contributed by atoms with Gasteiger partial charge in [-0.15, -0.1) is 11.3 Å². The number of benzene rings is 1. The first kappa shape index (κ1) is 23.5. The molecule has 1 aliphatic heterocycles. The Morgan fingerprint density at radius 3 is 2.39 bits per heavy atom. The maximum Gasteiger partial charge on any atom is 0.424 e. The van der Waals surface area contributed by atoms with Crippen molar-refractivity contribution in [3.63, 3.8) is 0 Å². The second-order valence-electron chi connectivity index (χ2n) is 9.21. The van der Waals surface area contributed by atoms with E-state index in [1.807, 2.05) is 58.9 Å². The predicted molar refractivity (Wildman–Crippen MR) is 123 cm³/mol. The number of urea groups is 1. The molecule has 2 unspecified atom stereocenters. The van der Waals surface area contributed by atoms with Crippen LogP contribution in [0, 0.1) is 11.8 Å². The summed E-state index contributed by atoms with van der Waals surface area (Å²) in [6.07, 6.45) is 1.53. The lowest BCUT2D eigenvalue weighted by Crippen LogP contribution is -2.68. The van der Waals surface area contributed by atoms with Crippen molar-refractivity contribution in [2.24, 2.45) is 17.6 Å². The van der Waals surface area contributed by atoms with E-state index in [1.54, 1.807) is 0 Å². The topological polar surface area (TPSA) is 102 Å². The number of rotatable bonds is 6. The molecule has 3 N–H and O–H groups in total. The number of Topliss-reactive ketones (excluding diaryl/α,β-unsaturated/α-hetero) is 1. The summed E-state index contributed by atoms with van der Waals surface area (Å²) in [6, 6.07) is 5.46. The molecule has 2 aromatic rings. The van der Waals surface area contributed by atoms with Crippen molar-refractivity contribution in [3.05, 3.63) is 29.3 Å². The van der Waals surface area contributed by atoms with Crippen LogP contribution in [0.25, 0.3) is 10.2 Å². The largest absolute Gasteiger partial charge is 0.424 e. The minimum Gasteiger partial charge on any atom is -0.316 e. The molecule has 4 atom stereocenters. The Labute approximate surface area is 187 Å². The van der Waals surface area contributed by atoms with Crippen LogP contribution in [-0.2, 0) is 4.79 Å². The molecule has 3 rings (SSSR count). The number of hydrogen-bond donors (Lipinski definition) is 2. The van der Waals surface area contributed by atoms with Crippen molar-refractivity contribution < 1.29 is 18.9 Å². The zero-order valence-electron chi connectivity index (χ0n) is 18.9. The second-order valence-corrected chi connectivity index (χ2v) is 10.2. The van der Waals surface area contributed by atoms with E-state index in [1.165, 1.54) is 11.3 Å². The standard InChI is InChI=1S/C23H32N4O3S/c1-13(2)18(24)22(29)27(12-8-9-15(27)5)23(30)26-19(14(3)4)20(28)21-25-16-10-6-7-11-17(16)31-21/h6-7,10-11,13-15,18-19H,8-9,12,24H2,1-5H3/p+1/t15-,18+,19?,27?/m1/s1. The van der Waals surface area contributed by atoms with E-state index in [-0.39, 0.29) is 34.1 Å². The Bertz CT molecular complexity index is 953. The van der Waals surface area contributed by atoms with Gasteiger partial charge in [0.25, 0.3) is 0 Å². The Hall–Kier alpha value is -2.16. The van der Waals surface area contributed by atoms with Gasteiger partial charge in [0.1, 0.15) is 18.1 Å². The number of aromatic nitrogens is 1. The van der Waals surface area contributed by atoms with Crippen LogP contribution >= 0.6 is 11.3 Å². The SMILES string of the molecule is CC(C)C(NC(=O)[N+]1(C(=O)[C@@H](N)C(C)C)CCC[C@H]1C)C(=O)c1nc2ccccc2s1. The van der Waals surface area contributed by atoms with Crippen LogP contribution in [-0.4, -0.2) is 51.9 Å². The summed E-state index contributed by atoms with van der Waals surface area (Å²) in [5.41, 5.74) is 6.95. The molecule has 8 heteroatoms. The number of nitrogens with zero attached hydrogens (tertiary/aromatic N) is 2. The van der Waals surface area contributed by atoms with Crippen LogP contribution < -0.4 is 11.1 Å². The van der Waals surface area contributed by atoms with Crippen LogP contribution in [0.3, 0.4) is 0 Å². The summed E-state index contributed by atoms with van der Waals surface area (Å²) in [6.45, 7) is 9.85. The number of carbonyl (C=O) groups is 3. The van der Waals surface area contributed by atoms with Gasteiger partial charge in [0, 0.05) is 12.8 Å². The minimum absolute atomic E-state index is 0.0756. The summed E-state index contributed by atoms with van der Waals surface area (Å²) in [5, 5.41) is 3.29. The molecule has 7 nitrogen and oxygen atoms in total. The van der Waals surface area contributed by atoms with E-state index in [0.717, 1.165) is 23.1 Å². The average Bonchev–Trinajstić information content (AvgIpc) is 3.34. The molecule has 2 heterocycles. The fourth-order valence-electron chi connectivity index (χ4n) is 4.25. The summed E-state index contributed by atoms with van der Waals surface area (Å²) >= 11 is 1.32. The van der Waals surface area contributed by atoms with Crippen LogP contribution in [0.15, 0.2) is 24.3 Å². The Morgan fingerprint density at radius 2 is 1.84 bits per heavy atom. The van der Waals surface area contributed by atoms with Gasteiger partial charge in [-0.2, -0.15) is 4.48 Å². The number of likely N-dealkylation sites (tertiary alicyclic amines) is 1. The zero-order chi connectivity index (χ0) is 22.9. The maximum absolute atomic E-state index is 13.6. The first-order chi connectivity index (χ1) is 14.6. The number of nitrogens with one attached hydrogen (secondary N) is 1. The molecule has 31 heavy (non-hydrogen) atoms. The van der Waals surface area contributed by atoms with E-state index >= 15 is 0 Å². The van der Waals surface area contributed by atoms with Gasteiger partial charge in [-0.1, -0.05) is 39.8 Å². The van der Waals surface area contributed by atoms with Crippen LogP contribution in [0.1, 0.15) is 57.3 Å². The number of amides is 3. The summed E-state index contributed by atoms with van der Waals surface area (Å²) < 4.78 is 0.588. The molecule has 0 aliphatic carbocycles. The fourth-order valence-corrected chi connectivity index (χ4v) is 5.20. The van der Waals surface area contributed by atoms with Crippen LogP contribution in [0.4, 0.5) is 4.79 Å². The Morgan fingerprint density at radius 1 is 1.16 bits per heavy atom. The van der Waals surface area contributed by atoms with Crippen molar-refractivity contribution in [2.45, 2.75) is 65.6 Å². The van der Waals surface area contributed by atoms with Gasteiger partial charge in [-0.25, -0.2) is 14.6 Å². The van der Waals surface area contributed by atoms with E-state index in [0.29, 0.717) is 11.6 Å². The summed E-state index contributed by atoms with van der Waals surface area (Å²) in [4.78, 5) is 44.7. The molecule has 168 valence electrons. The first-order valence-corrected chi connectivity index (χ1v) is 11.8. The second kappa shape index (κ2) is 9.14. The van der Waals surface area contributed by atoms with Gasteiger partial charge >= 0.3 is 11.9 Å². The number of thiazole rings is 1. The van der Waals surface area contributed by atoms with E-state index < -0.39 is 18.1 Å². The monoisotopic (exact) mass is 445 g/mol. The lowest BCUT2D eigenvalue weighted by atomic mass is 9.99. The number of imide groups is 1. The maximum atomic E-state index is 13.6. The molecular formula is C23H33N4O3S+. The highest BCUT2D eigenvalue weighted by Gasteiger charge is 2.55. The number of nitrogens with two attached hydrogens (primary N) is 1. The third kappa shape index (κ3) is 4.29. The quantitative estimate of drug-likeness (QED) is 0.521.